The van der Waals surface area contributed by atoms with Crippen molar-refractivity contribution in [2.24, 2.45) is 0 Å². The van der Waals surface area contributed by atoms with Crippen molar-refractivity contribution in [2.75, 3.05) is 32.5 Å². The number of halogens is 2. The number of rotatable bonds is 5. The Kier molecular flexibility index (Phi) is 6.34. The Hall–Kier alpha value is -2.52. The van der Waals surface area contributed by atoms with Crippen molar-refractivity contribution in [3.8, 4) is 0 Å². The molecule has 0 fully saturated rings. The molecule has 2 heterocycles. The van der Waals surface area contributed by atoms with Crippen molar-refractivity contribution in [2.45, 2.75) is 10.4 Å². The number of amides is 2. The number of anilines is 4. The van der Waals surface area contributed by atoms with Gasteiger partial charge in [-0.3, -0.25) is 14.5 Å². The van der Waals surface area contributed by atoms with Crippen LogP contribution in [0.15, 0.2) is 65.6 Å². The summed E-state index contributed by atoms with van der Waals surface area (Å²) in [6, 6.07) is 18.1. The molecule has 3 aromatic rings. The summed E-state index contributed by atoms with van der Waals surface area (Å²) in [5, 5.41) is 10.3. The lowest BCUT2D eigenvalue weighted by Gasteiger charge is -2.37. The largest absolute Gasteiger partial charge is 0.375 e. The number of nitrogens with zero attached hydrogens (tertiary/aromatic N) is 1. The second-order valence-corrected chi connectivity index (χ2v) is 10.3. The van der Waals surface area contributed by atoms with E-state index in [0.29, 0.717) is 21.3 Å². The highest BCUT2D eigenvalue weighted by atomic mass is 35.5. The maximum absolute atomic E-state index is 13.4. The molecule has 33 heavy (non-hydrogen) atoms. The quantitative estimate of drug-likeness (QED) is 0.375. The van der Waals surface area contributed by atoms with Crippen molar-refractivity contribution in [1.29, 1.82) is 0 Å². The van der Waals surface area contributed by atoms with E-state index in [1.54, 1.807) is 40.9 Å². The molecule has 6 nitrogen and oxygen atoms in total. The van der Waals surface area contributed by atoms with Gasteiger partial charge in [-0.1, -0.05) is 35.3 Å². The van der Waals surface area contributed by atoms with Crippen LogP contribution in [0.3, 0.4) is 0 Å². The number of hydrogen-bond donors (Lipinski definition) is 3. The number of benzene rings is 3. The zero-order valence-electron chi connectivity index (χ0n) is 17.1. The van der Waals surface area contributed by atoms with Gasteiger partial charge < -0.3 is 16.0 Å². The van der Waals surface area contributed by atoms with Crippen LogP contribution >= 0.6 is 46.7 Å². The molecular weight excluding hydrogens is 499 g/mol. The first-order chi connectivity index (χ1) is 16.0. The van der Waals surface area contributed by atoms with Crippen LogP contribution in [0.4, 0.5) is 22.7 Å². The topological polar surface area (TPSA) is 73.5 Å². The van der Waals surface area contributed by atoms with Crippen LogP contribution in [0.1, 0.15) is 10.4 Å². The molecule has 0 aliphatic carbocycles. The Labute approximate surface area is 209 Å². The summed E-state index contributed by atoms with van der Waals surface area (Å²) < 4.78 is 0. The van der Waals surface area contributed by atoms with Gasteiger partial charge in [-0.15, -0.1) is 23.5 Å². The number of carbonyl (C=O) groups is 2. The Morgan fingerprint density at radius 3 is 2.79 bits per heavy atom. The van der Waals surface area contributed by atoms with E-state index in [9.17, 15) is 9.59 Å². The molecule has 168 valence electrons. The third-order valence-electron chi connectivity index (χ3n) is 5.20. The van der Waals surface area contributed by atoms with Crippen LogP contribution in [-0.4, -0.2) is 28.9 Å². The Balaban J connectivity index is 1.35. The van der Waals surface area contributed by atoms with Crippen LogP contribution in [-0.2, 0) is 4.79 Å². The number of carbonyl (C=O) groups excluding carboxylic acids is 2. The average molecular weight is 517 g/mol. The molecule has 3 N–H and O–H groups in total. The molecule has 0 saturated heterocycles. The Bertz CT molecular complexity index is 1260. The minimum absolute atomic E-state index is 0.146. The van der Waals surface area contributed by atoms with Crippen molar-refractivity contribution in [3.05, 3.63) is 76.3 Å². The zero-order valence-corrected chi connectivity index (χ0v) is 20.2. The SMILES string of the molecule is O=C(CSC1Nc2ccccc2C(=O)N1c1ccc(Cl)c(Cl)c1)Nc1ccc2c(c1)SCN2. The van der Waals surface area contributed by atoms with Crippen LogP contribution in [0.25, 0.3) is 0 Å². The predicted molar refractivity (Wildman–Crippen MR) is 139 cm³/mol. The monoisotopic (exact) mass is 516 g/mol. The highest BCUT2D eigenvalue weighted by molar-refractivity contribution is 8.00. The lowest BCUT2D eigenvalue weighted by atomic mass is 10.1. The van der Waals surface area contributed by atoms with Gasteiger partial charge in [0.15, 0.2) is 5.50 Å². The first kappa shape index (κ1) is 22.3. The highest BCUT2D eigenvalue weighted by Gasteiger charge is 2.34. The van der Waals surface area contributed by atoms with Gasteiger partial charge in [-0.05, 0) is 48.5 Å². The molecule has 2 aliphatic heterocycles. The third-order valence-corrected chi connectivity index (χ3v) is 7.95. The van der Waals surface area contributed by atoms with Crippen molar-refractivity contribution >= 4 is 81.3 Å². The summed E-state index contributed by atoms with van der Waals surface area (Å²) >= 11 is 15.3. The van der Waals surface area contributed by atoms with Gasteiger partial charge in [0, 0.05) is 27.6 Å². The van der Waals surface area contributed by atoms with E-state index in [1.807, 2.05) is 36.4 Å². The summed E-state index contributed by atoms with van der Waals surface area (Å²) in [5.41, 5.74) is 3.18. The summed E-state index contributed by atoms with van der Waals surface area (Å²) in [7, 11) is 0. The number of para-hydroxylation sites is 1. The molecule has 2 amide bonds. The lowest BCUT2D eigenvalue weighted by Crippen LogP contribution is -2.47. The summed E-state index contributed by atoms with van der Waals surface area (Å²) in [6.07, 6.45) is 0. The second-order valence-electron chi connectivity index (χ2n) is 7.35. The molecule has 5 rings (SSSR count). The van der Waals surface area contributed by atoms with Gasteiger partial charge in [0.1, 0.15) is 0 Å². The Morgan fingerprint density at radius 2 is 1.94 bits per heavy atom. The average Bonchev–Trinajstić information content (AvgIpc) is 3.28. The van der Waals surface area contributed by atoms with Gasteiger partial charge in [0.2, 0.25) is 5.91 Å². The van der Waals surface area contributed by atoms with Gasteiger partial charge in [-0.2, -0.15) is 0 Å². The molecular formula is C23H18Cl2N4O2S2. The lowest BCUT2D eigenvalue weighted by molar-refractivity contribution is -0.113. The normalized spacial score (nSPS) is 16.5. The standard InChI is InChI=1S/C23H18Cl2N4O2S2/c24-16-7-6-14(10-17(16)25)29-22(31)15-3-1-2-4-18(15)28-23(29)32-11-21(30)27-13-5-8-19-20(9-13)33-12-26-19/h1-10,23,26,28H,11-12H2,(H,27,30). The molecule has 3 aromatic carbocycles. The molecule has 10 heteroatoms. The van der Waals surface area contributed by atoms with Crippen LogP contribution in [0.2, 0.25) is 10.0 Å². The second kappa shape index (κ2) is 9.38. The highest BCUT2D eigenvalue weighted by Crippen LogP contribution is 2.37. The molecule has 0 spiro atoms. The molecule has 1 unspecified atom stereocenters. The van der Waals surface area contributed by atoms with E-state index < -0.39 is 5.50 Å². The number of nitrogens with one attached hydrogen (secondary N) is 3. The van der Waals surface area contributed by atoms with Crippen LogP contribution in [0.5, 0.6) is 0 Å². The van der Waals surface area contributed by atoms with Crippen molar-refractivity contribution < 1.29 is 9.59 Å². The fourth-order valence-corrected chi connectivity index (χ4v) is 5.78. The van der Waals surface area contributed by atoms with Gasteiger partial charge in [0.05, 0.1) is 27.2 Å². The molecule has 0 radical (unpaired) electrons. The fourth-order valence-electron chi connectivity index (χ4n) is 3.64. The molecule has 2 aliphatic rings. The van der Waals surface area contributed by atoms with Crippen molar-refractivity contribution in [3.63, 3.8) is 0 Å². The predicted octanol–water partition coefficient (Wildman–Crippen LogP) is 6.20. The minimum atomic E-state index is -0.504. The summed E-state index contributed by atoms with van der Waals surface area (Å²) in [5.74, 6) is 0.644. The van der Waals surface area contributed by atoms with E-state index in [0.717, 1.165) is 27.8 Å². The number of thioether (sulfide) groups is 2. The third kappa shape index (κ3) is 4.61. The molecule has 0 bridgehead atoms. The summed E-state index contributed by atoms with van der Waals surface area (Å²) in [4.78, 5) is 28.8. The first-order valence-corrected chi connectivity index (χ1v) is 12.8. The minimum Gasteiger partial charge on any atom is -0.375 e. The Morgan fingerprint density at radius 1 is 1.09 bits per heavy atom. The maximum Gasteiger partial charge on any atom is 0.262 e. The van der Waals surface area contributed by atoms with E-state index in [4.69, 9.17) is 23.2 Å². The first-order valence-electron chi connectivity index (χ1n) is 10.1. The number of fused-ring (bicyclic) bond motifs is 2. The van der Waals surface area contributed by atoms with Crippen molar-refractivity contribution in [1.82, 2.24) is 0 Å². The number of hydrogen-bond acceptors (Lipinski definition) is 6. The van der Waals surface area contributed by atoms with Crippen LogP contribution < -0.4 is 20.9 Å². The maximum atomic E-state index is 13.4. The van der Waals surface area contributed by atoms with E-state index in [2.05, 4.69) is 16.0 Å². The van der Waals surface area contributed by atoms with E-state index in [1.165, 1.54) is 11.8 Å². The smallest absolute Gasteiger partial charge is 0.262 e. The summed E-state index contributed by atoms with van der Waals surface area (Å²) in [6.45, 7) is 0. The van der Waals surface area contributed by atoms with Gasteiger partial charge >= 0.3 is 0 Å². The molecule has 1 atom stereocenters. The zero-order chi connectivity index (χ0) is 22.9. The van der Waals surface area contributed by atoms with Crippen LogP contribution in [0, 0.1) is 0 Å². The van der Waals surface area contributed by atoms with Gasteiger partial charge in [-0.25, -0.2) is 0 Å². The van der Waals surface area contributed by atoms with E-state index in [-0.39, 0.29) is 17.6 Å². The fraction of sp³-hybridized carbons (Fsp3) is 0.130. The van der Waals surface area contributed by atoms with Gasteiger partial charge in [0.25, 0.3) is 5.91 Å². The molecule has 0 saturated carbocycles. The molecule has 0 aromatic heterocycles. The van der Waals surface area contributed by atoms with E-state index >= 15 is 0 Å².